The van der Waals surface area contributed by atoms with Crippen LogP contribution in [0.4, 0.5) is 0 Å². The van der Waals surface area contributed by atoms with Crippen LogP contribution >= 0.6 is 0 Å². The molecule has 3 heteroatoms. The van der Waals surface area contributed by atoms with Crippen LogP contribution in [0.3, 0.4) is 0 Å². The summed E-state index contributed by atoms with van der Waals surface area (Å²) in [5.41, 5.74) is 8.49. The molecule has 1 aliphatic heterocycles. The molecule has 2 aromatic rings. The third-order valence-electron chi connectivity index (χ3n) is 3.99. The zero-order valence-corrected chi connectivity index (χ0v) is 12.3. The molecule has 1 aliphatic rings. The molecule has 2 aromatic carbocycles. The van der Waals surface area contributed by atoms with E-state index in [4.69, 9.17) is 15.2 Å². The average Bonchev–Trinajstić information content (AvgIpc) is 2.55. The smallest absolute Gasteiger partial charge is 0.161 e. The van der Waals surface area contributed by atoms with Crippen molar-refractivity contribution in [2.24, 2.45) is 5.73 Å². The predicted molar refractivity (Wildman–Crippen MR) is 83.7 cm³/mol. The van der Waals surface area contributed by atoms with Crippen LogP contribution in [0.25, 0.3) is 0 Å². The lowest BCUT2D eigenvalue weighted by Crippen LogP contribution is -2.38. The molecule has 0 aliphatic carbocycles. The Morgan fingerprint density at radius 2 is 1.67 bits per heavy atom. The fourth-order valence-corrected chi connectivity index (χ4v) is 2.91. The van der Waals surface area contributed by atoms with Crippen molar-refractivity contribution in [1.29, 1.82) is 0 Å². The van der Waals surface area contributed by atoms with Crippen molar-refractivity contribution in [2.75, 3.05) is 13.2 Å². The zero-order chi connectivity index (χ0) is 14.7. The Balaban J connectivity index is 2.05. The maximum absolute atomic E-state index is 6.79. The standard InChI is InChI=1S/C18H21NO2/c1-2-10-18(19,14-6-4-3-5-7-14)15-8-9-16-17(13-15)21-12-11-20-16/h3-9,13H,2,10-12,19H2,1H3. The van der Waals surface area contributed by atoms with Crippen LogP contribution in [0, 0.1) is 0 Å². The van der Waals surface area contributed by atoms with Gasteiger partial charge in [-0.15, -0.1) is 0 Å². The van der Waals surface area contributed by atoms with E-state index in [2.05, 4.69) is 25.1 Å². The van der Waals surface area contributed by atoms with E-state index in [9.17, 15) is 0 Å². The first-order valence-electron chi connectivity index (χ1n) is 7.48. The second kappa shape index (κ2) is 5.78. The van der Waals surface area contributed by atoms with Crippen LogP contribution in [0.15, 0.2) is 48.5 Å². The molecular formula is C18H21NO2. The maximum atomic E-state index is 6.79. The fraction of sp³-hybridized carbons (Fsp3) is 0.333. The van der Waals surface area contributed by atoms with Gasteiger partial charge in [-0.25, -0.2) is 0 Å². The summed E-state index contributed by atoms with van der Waals surface area (Å²) in [6.45, 7) is 3.35. The van der Waals surface area contributed by atoms with Crippen LogP contribution in [0.5, 0.6) is 11.5 Å². The lowest BCUT2D eigenvalue weighted by molar-refractivity contribution is 0.171. The van der Waals surface area contributed by atoms with Gasteiger partial charge in [-0.05, 0) is 29.7 Å². The van der Waals surface area contributed by atoms with E-state index in [-0.39, 0.29) is 0 Å². The molecule has 21 heavy (non-hydrogen) atoms. The van der Waals surface area contributed by atoms with E-state index >= 15 is 0 Å². The van der Waals surface area contributed by atoms with Gasteiger partial charge < -0.3 is 15.2 Å². The van der Waals surface area contributed by atoms with Gasteiger partial charge in [-0.3, -0.25) is 0 Å². The highest BCUT2D eigenvalue weighted by Gasteiger charge is 2.30. The Bertz CT molecular complexity index is 612. The molecule has 1 atom stereocenters. The number of benzene rings is 2. The number of fused-ring (bicyclic) bond motifs is 1. The average molecular weight is 283 g/mol. The minimum absolute atomic E-state index is 0.494. The summed E-state index contributed by atoms with van der Waals surface area (Å²) in [7, 11) is 0. The second-order valence-corrected chi connectivity index (χ2v) is 5.45. The van der Waals surface area contributed by atoms with E-state index in [1.807, 2.05) is 30.3 Å². The van der Waals surface area contributed by atoms with Crippen LogP contribution < -0.4 is 15.2 Å². The molecule has 0 amide bonds. The first kappa shape index (κ1) is 14.0. The summed E-state index contributed by atoms with van der Waals surface area (Å²) in [6.07, 6.45) is 1.90. The molecule has 0 aromatic heterocycles. The SMILES string of the molecule is CCCC(N)(c1ccccc1)c1ccc2c(c1)OCCO2. The van der Waals surface area contributed by atoms with Crippen LogP contribution in [0.2, 0.25) is 0 Å². The number of nitrogens with two attached hydrogens (primary N) is 1. The third-order valence-corrected chi connectivity index (χ3v) is 3.99. The van der Waals surface area contributed by atoms with Crippen molar-refractivity contribution in [2.45, 2.75) is 25.3 Å². The van der Waals surface area contributed by atoms with Crippen molar-refractivity contribution in [3.8, 4) is 11.5 Å². The number of hydrogen-bond donors (Lipinski definition) is 1. The highest BCUT2D eigenvalue weighted by atomic mass is 16.6. The fourth-order valence-electron chi connectivity index (χ4n) is 2.91. The lowest BCUT2D eigenvalue weighted by Gasteiger charge is -2.31. The van der Waals surface area contributed by atoms with Gasteiger partial charge in [-0.2, -0.15) is 0 Å². The molecule has 110 valence electrons. The third kappa shape index (κ3) is 2.61. The molecule has 0 spiro atoms. The van der Waals surface area contributed by atoms with Gasteiger partial charge in [0.15, 0.2) is 11.5 Å². The Labute approximate surface area is 125 Å². The lowest BCUT2D eigenvalue weighted by atomic mass is 9.80. The second-order valence-electron chi connectivity index (χ2n) is 5.45. The van der Waals surface area contributed by atoms with E-state index < -0.39 is 5.54 Å². The van der Waals surface area contributed by atoms with Gasteiger partial charge >= 0.3 is 0 Å². The summed E-state index contributed by atoms with van der Waals surface area (Å²) in [5.74, 6) is 1.59. The number of rotatable bonds is 4. The zero-order valence-electron chi connectivity index (χ0n) is 12.3. The molecular weight excluding hydrogens is 262 g/mol. The Hall–Kier alpha value is -2.00. The largest absolute Gasteiger partial charge is 0.486 e. The van der Waals surface area contributed by atoms with E-state index in [0.717, 1.165) is 35.5 Å². The monoisotopic (exact) mass is 283 g/mol. The quantitative estimate of drug-likeness (QED) is 0.934. The minimum atomic E-state index is -0.494. The van der Waals surface area contributed by atoms with E-state index in [1.54, 1.807) is 0 Å². The van der Waals surface area contributed by atoms with E-state index in [0.29, 0.717) is 13.2 Å². The molecule has 1 heterocycles. The Morgan fingerprint density at radius 3 is 2.38 bits per heavy atom. The summed E-state index contributed by atoms with van der Waals surface area (Å²) in [6, 6.07) is 16.3. The topological polar surface area (TPSA) is 44.5 Å². The molecule has 0 radical (unpaired) electrons. The first-order chi connectivity index (χ1) is 10.2. The van der Waals surface area contributed by atoms with Crippen LogP contribution in [-0.2, 0) is 5.54 Å². The first-order valence-corrected chi connectivity index (χ1v) is 7.48. The van der Waals surface area contributed by atoms with Crippen molar-refractivity contribution >= 4 is 0 Å². The van der Waals surface area contributed by atoms with Crippen LogP contribution in [0.1, 0.15) is 30.9 Å². The Morgan fingerprint density at radius 1 is 0.952 bits per heavy atom. The highest BCUT2D eigenvalue weighted by Crippen LogP contribution is 2.38. The van der Waals surface area contributed by atoms with Gasteiger partial charge in [0.25, 0.3) is 0 Å². The molecule has 3 nitrogen and oxygen atoms in total. The van der Waals surface area contributed by atoms with Gasteiger partial charge in [-0.1, -0.05) is 49.7 Å². The van der Waals surface area contributed by atoms with Gasteiger partial charge in [0, 0.05) is 0 Å². The van der Waals surface area contributed by atoms with Crippen molar-refractivity contribution < 1.29 is 9.47 Å². The number of hydrogen-bond acceptors (Lipinski definition) is 3. The molecule has 2 N–H and O–H groups in total. The molecule has 0 saturated carbocycles. The molecule has 0 fully saturated rings. The normalized spacial score (nSPS) is 16.3. The maximum Gasteiger partial charge on any atom is 0.161 e. The van der Waals surface area contributed by atoms with Crippen LogP contribution in [-0.4, -0.2) is 13.2 Å². The van der Waals surface area contributed by atoms with Crippen molar-refractivity contribution in [1.82, 2.24) is 0 Å². The molecule has 0 saturated heterocycles. The summed E-state index contributed by atoms with van der Waals surface area (Å²) in [5, 5.41) is 0. The van der Waals surface area contributed by atoms with Gasteiger partial charge in [0.1, 0.15) is 13.2 Å². The van der Waals surface area contributed by atoms with Crippen molar-refractivity contribution in [3.63, 3.8) is 0 Å². The summed E-state index contributed by atoms with van der Waals surface area (Å²) >= 11 is 0. The summed E-state index contributed by atoms with van der Waals surface area (Å²) < 4.78 is 11.3. The van der Waals surface area contributed by atoms with Gasteiger partial charge in [0.05, 0.1) is 5.54 Å². The Kier molecular flexibility index (Phi) is 3.84. The molecule has 3 rings (SSSR count). The van der Waals surface area contributed by atoms with Crippen molar-refractivity contribution in [3.05, 3.63) is 59.7 Å². The molecule has 1 unspecified atom stereocenters. The predicted octanol–water partition coefficient (Wildman–Crippen LogP) is 3.46. The highest BCUT2D eigenvalue weighted by molar-refractivity contribution is 5.48. The van der Waals surface area contributed by atoms with E-state index in [1.165, 1.54) is 0 Å². The summed E-state index contributed by atoms with van der Waals surface area (Å²) in [4.78, 5) is 0. The van der Waals surface area contributed by atoms with Gasteiger partial charge in [0.2, 0.25) is 0 Å². The minimum Gasteiger partial charge on any atom is -0.486 e. The molecule has 0 bridgehead atoms. The number of ether oxygens (including phenoxy) is 2.